The zero-order chi connectivity index (χ0) is 48.5. The first kappa shape index (κ1) is 61.5. The molecule has 0 aliphatic heterocycles. The molecular weight excluding hydrogens is 799 g/mol. The maximum atomic E-state index is 13.8. The molecule has 368 valence electrons. The molecule has 1 unspecified atom stereocenters. The quantitative estimate of drug-likeness (QED) is 0.0354. The second kappa shape index (κ2) is 29.0. The smallest absolute Gasteiger partial charge is 0.409 e. The third kappa shape index (κ3) is 33.9. The molecule has 62 heavy (non-hydrogen) atoms. The monoisotopic (exact) mass is 892 g/mol. The average Bonchev–Trinajstić information content (AvgIpc) is 3.10. The zero-order valence-corrected chi connectivity index (χ0v) is 42.5. The molecule has 0 aliphatic carbocycles. The second-order valence-electron chi connectivity index (χ2n) is 20.2. The molecule has 16 nitrogen and oxygen atoms in total. The highest BCUT2D eigenvalue weighted by Crippen LogP contribution is 2.21. The van der Waals surface area contributed by atoms with Gasteiger partial charge in [0.25, 0.3) is 0 Å². The van der Waals surface area contributed by atoms with Crippen LogP contribution in [0.2, 0.25) is 0 Å². The van der Waals surface area contributed by atoms with Gasteiger partial charge in [-0.3, -0.25) is 19.7 Å². The van der Waals surface area contributed by atoms with E-state index in [4.69, 9.17) is 38.9 Å². The number of carbonyl (C=O) groups excluding carboxylic acids is 4. The summed E-state index contributed by atoms with van der Waals surface area (Å²) in [6, 6.07) is -0.864. The van der Waals surface area contributed by atoms with Gasteiger partial charge >= 0.3 is 6.09 Å². The van der Waals surface area contributed by atoms with E-state index in [1.54, 1.807) is 41.7 Å². The molecule has 0 aromatic heterocycles. The number of methoxy groups -OCH3 is 1. The molecule has 0 aliphatic rings. The minimum absolute atomic E-state index is 0.0959. The van der Waals surface area contributed by atoms with E-state index in [0.29, 0.717) is 71.4 Å². The summed E-state index contributed by atoms with van der Waals surface area (Å²) in [4.78, 5) is 51.9. The maximum Gasteiger partial charge on any atom is 0.409 e. The fourth-order valence-electron chi connectivity index (χ4n) is 5.54. The van der Waals surface area contributed by atoms with Crippen LogP contribution in [0.3, 0.4) is 0 Å². The van der Waals surface area contributed by atoms with Gasteiger partial charge in [-0.2, -0.15) is 0 Å². The lowest BCUT2D eigenvalue weighted by molar-refractivity contribution is -0.138. The molecule has 0 spiro atoms. The summed E-state index contributed by atoms with van der Waals surface area (Å²) in [5, 5.41) is 11.5. The van der Waals surface area contributed by atoms with E-state index in [0.717, 1.165) is 12.8 Å². The van der Waals surface area contributed by atoms with Crippen LogP contribution in [0.5, 0.6) is 0 Å². The number of nitrogens with one attached hydrogen (secondary N) is 4. The van der Waals surface area contributed by atoms with Crippen LogP contribution in [-0.2, 0) is 47.5 Å². The molecule has 1 atom stereocenters. The number of nitrogens with two attached hydrogens (primary N) is 1. The topological polar surface area (TPSA) is 207 Å². The van der Waals surface area contributed by atoms with E-state index in [1.807, 2.05) is 83.1 Å². The van der Waals surface area contributed by atoms with Gasteiger partial charge in [0.05, 0.1) is 42.2 Å². The van der Waals surface area contributed by atoms with Crippen LogP contribution in [0.4, 0.5) is 4.79 Å². The highest BCUT2D eigenvalue weighted by atomic mass is 16.6. The van der Waals surface area contributed by atoms with Crippen molar-refractivity contribution in [3.8, 4) is 0 Å². The SMILES string of the molecule is CC.COCCC(C)(C)OCCC(C)(C)OCC(=O)NC(CCCCNC(=O)COC(C)(C)CCOC(C)(C)CCN)C(=O)NC(C)(C)CCOC(C)(C)NC(=O)OC(C)(C)C. The maximum absolute atomic E-state index is 13.8. The Balaban J connectivity index is 0. The van der Waals surface area contributed by atoms with E-state index >= 15 is 0 Å². The summed E-state index contributed by atoms with van der Waals surface area (Å²) >= 11 is 0. The third-order valence-corrected chi connectivity index (χ3v) is 9.58. The van der Waals surface area contributed by atoms with Crippen molar-refractivity contribution in [2.24, 2.45) is 5.73 Å². The molecule has 0 aromatic carbocycles. The Labute approximate surface area is 376 Å². The summed E-state index contributed by atoms with van der Waals surface area (Å²) in [7, 11) is 1.66. The fourth-order valence-corrected chi connectivity index (χ4v) is 5.54. The zero-order valence-electron chi connectivity index (χ0n) is 42.5. The Morgan fingerprint density at radius 3 is 1.53 bits per heavy atom. The molecule has 0 aromatic rings. The Bertz CT molecular complexity index is 1280. The lowest BCUT2D eigenvalue weighted by Gasteiger charge is -2.32. The average molecular weight is 892 g/mol. The Morgan fingerprint density at radius 2 is 1.03 bits per heavy atom. The normalized spacial score (nSPS) is 13.4. The number of ether oxygens (including phenoxy) is 7. The highest BCUT2D eigenvalue weighted by molar-refractivity contribution is 5.88. The standard InChI is InChI=1S/C44H87N5O11.C2H6/c1-38(2,3)60-37(53)49-44(14,15)57-28-21-39(4,5)48-36(52)33(47-35(51)32-59-43(12,13)24-30-56-41(8,9)22-27-54-16)19-17-18-26-46-34(50)31-58-42(10,11)23-29-55-40(6,7)20-25-45;1-2/h33H,17-32,45H2,1-16H3,(H,46,50)(H,47,51)(H,48,52)(H,49,53);1-2H3. The lowest BCUT2D eigenvalue weighted by atomic mass is 9.99. The van der Waals surface area contributed by atoms with Crippen molar-refractivity contribution in [2.75, 3.05) is 59.8 Å². The van der Waals surface area contributed by atoms with Crippen LogP contribution in [0, 0.1) is 0 Å². The largest absolute Gasteiger partial charge is 0.444 e. The van der Waals surface area contributed by atoms with E-state index < -0.39 is 46.1 Å². The molecule has 0 saturated carbocycles. The van der Waals surface area contributed by atoms with Crippen LogP contribution < -0.4 is 27.0 Å². The van der Waals surface area contributed by atoms with Crippen LogP contribution in [0.1, 0.15) is 169 Å². The van der Waals surface area contributed by atoms with Crippen LogP contribution in [-0.4, -0.2) is 129 Å². The summed E-state index contributed by atoms with van der Waals surface area (Å²) in [5.41, 5.74) is 1.37. The summed E-state index contributed by atoms with van der Waals surface area (Å²) in [6.45, 7) is 34.4. The Morgan fingerprint density at radius 1 is 0.565 bits per heavy atom. The highest BCUT2D eigenvalue weighted by Gasteiger charge is 2.31. The van der Waals surface area contributed by atoms with Crippen molar-refractivity contribution in [3.63, 3.8) is 0 Å². The fraction of sp³-hybridized carbons (Fsp3) is 0.913. The lowest BCUT2D eigenvalue weighted by Crippen LogP contribution is -2.54. The van der Waals surface area contributed by atoms with Gasteiger partial charge in [-0.1, -0.05) is 13.8 Å². The van der Waals surface area contributed by atoms with E-state index in [9.17, 15) is 19.2 Å². The van der Waals surface area contributed by atoms with Crippen LogP contribution in [0.15, 0.2) is 0 Å². The Kier molecular flexibility index (Phi) is 28.8. The number of alkyl carbamates (subject to hydrolysis) is 1. The molecule has 0 bridgehead atoms. The summed E-state index contributed by atoms with van der Waals surface area (Å²) in [5.74, 6) is -1.03. The van der Waals surface area contributed by atoms with Crippen LogP contribution >= 0.6 is 0 Å². The molecule has 0 radical (unpaired) electrons. The van der Waals surface area contributed by atoms with Crippen molar-refractivity contribution in [3.05, 3.63) is 0 Å². The predicted octanol–water partition coefficient (Wildman–Crippen LogP) is 6.69. The van der Waals surface area contributed by atoms with E-state index in [-0.39, 0.29) is 42.8 Å². The minimum atomic E-state index is -1.02. The van der Waals surface area contributed by atoms with Gasteiger partial charge in [-0.25, -0.2) is 4.79 Å². The number of hydrogen-bond donors (Lipinski definition) is 5. The molecule has 0 fully saturated rings. The van der Waals surface area contributed by atoms with E-state index in [1.165, 1.54) is 0 Å². The van der Waals surface area contributed by atoms with Crippen molar-refractivity contribution in [1.29, 1.82) is 0 Å². The van der Waals surface area contributed by atoms with E-state index in [2.05, 4.69) is 21.3 Å². The first-order chi connectivity index (χ1) is 28.3. The van der Waals surface area contributed by atoms with Gasteiger partial charge in [-0.15, -0.1) is 0 Å². The number of carbonyl (C=O) groups is 4. The number of rotatable bonds is 32. The van der Waals surface area contributed by atoms with Gasteiger partial charge in [0.2, 0.25) is 17.7 Å². The van der Waals surface area contributed by atoms with Crippen molar-refractivity contribution >= 4 is 23.8 Å². The van der Waals surface area contributed by atoms with Gasteiger partial charge in [0.15, 0.2) is 0 Å². The number of amides is 4. The second-order valence-corrected chi connectivity index (χ2v) is 20.2. The predicted molar refractivity (Wildman–Crippen MR) is 246 cm³/mol. The Hall–Kier alpha value is -2.60. The van der Waals surface area contributed by atoms with Crippen molar-refractivity contribution in [1.82, 2.24) is 21.3 Å². The van der Waals surface area contributed by atoms with Crippen molar-refractivity contribution in [2.45, 2.75) is 214 Å². The molecular formula is C46H93N5O11. The van der Waals surface area contributed by atoms with Gasteiger partial charge in [-0.05, 0) is 162 Å². The minimum Gasteiger partial charge on any atom is -0.444 e. The molecule has 4 amide bonds. The molecule has 16 heteroatoms. The van der Waals surface area contributed by atoms with Crippen molar-refractivity contribution < 1.29 is 52.3 Å². The molecule has 0 heterocycles. The molecule has 0 rings (SSSR count). The summed E-state index contributed by atoms with van der Waals surface area (Å²) in [6.07, 6.45) is 3.90. The number of unbranched alkanes of at least 4 members (excludes halogenated alkanes) is 1. The summed E-state index contributed by atoms with van der Waals surface area (Å²) < 4.78 is 40.4. The van der Waals surface area contributed by atoms with Gasteiger partial charge in [0.1, 0.15) is 30.6 Å². The number of hydrogen-bond acceptors (Lipinski definition) is 12. The molecule has 0 saturated heterocycles. The molecule has 6 N–H and O–H groups in total. The van der Waals surface area contributed by atoms with Gasteiger partial charge < -0.3 is 54.8 Å². The third-order valence-electron chi connectivity index (χ3n) is 9.58. The first-order valence-corrected chi connectivity index (χ1v) is 22.6. The first-order valence-electron chi connectivity index (χ1n) is 22.6. The van der Waals surface area contributed by atoms with Gasteiger partial charge in [0, 0.05) is 25.8 Å². The van der Waals surface area contributed by atoms with Crippen LogP contribution in [0.25, 0.3) is 0 Å².